The molecule has 3 nitrogen and oxygen atoms in total. The van der Waals surface area contributed by atoms with Gasteiger partial charge in [-0.1, -0.05) is 36.4 Å². The summed E-state index contributed by atoms with van der Waals surface area (Å²) in [4.78, 5) is 14.6. The van der Waals surface area contributed by atoms with Crippen molar-refractivity contribution in [2.45, 2.75) is 39.2 Å². The summed E-state index contributed by atoms with van der Waals surface area (Å²) in [5, 5.41) is 3.31. The standard InChI is InChI=1S/C21H26N2O/c1-15-11-12-16(2)19(13-15)22-14-21(24)23(3)20-10-6-8-17-7-4-5-9-18(17)20/h4-5,7,9,11-13,20,22H,6,8,10,14H2,1-3H3. The van der Waals surface area contributed by atoms with Crippen LogP contribution in [0.4, 0.5) is 5.69 Å². The Balaban J connectivity index is 1.68. The molecule has 24 heavy (non-hydrogen) atoms. The first-order valence-corrected chi connectivity index (χ1v) is 8.71. The maximum absolute atomic E-state index is 12.7. The van der Waals surface area contributed by atoms with Crippen LogP contribution in [0.3, 0.4) is 0 Å². The van der Waals surface area contributed by atoms with Crippen molar-refractivity contribution in [3.63, 3.8) is 0 Å². The number of carbonyl (C=O) groups excluding carboxylic acids is 1. The van der Waals surface area contributed by atoms with E-state index in [1.54, 1.807) is 0 Å². The highest BCUT2D eigenvalue weighted by atomic mass is 16.2. The zero-order chi connectivity index (χ0) is 17.1. The van der Waals surface area contributed by atoms with Crippen molar-refractivity contribution < 1.29 is 4.79 Å². The number of nitrogens with one attached hydrogen (secondary N) is 1. The average molecular weight is 322 g/mol. The van der Waals surface area contributed by atoms with Crippen LogP contribution in [0, 0.1) is 13.8 Å². The number of anilines is 1. The number of fused-ring (bicyclic) bond motifs is 1. The van der Waals surface area contributed by atoms with Crippen LogP contribution >= 0.6 is 0 Å². The lowest BCUT2D eigenvalue weighted by atomic mass is 9.87. The highest BCUT2D eigenvalue weighted by Crippen LogP contribution is 2.33. The van der Waals surface area contributed by atoms with E-state index in [9.17, 15) is 4.79 Å². The number of hydrogen-bond acceptors (Lipinski definition) is 2. The summed E-state index contributed by atoms with van der Waals surface area (Å²) in [6, 6.07) is 15.0. The van der Waals surface area contributed by atoms with Gasteiger partial charge in [-0.25, -0.2) is 0 Å². The van der Waals surface area contributed by atoms with E-state index in [2.05, 4.69) is 61.6 Å². The summed E-state index contributed by atoms with van der Waals surface area (Å²) >= 11 is 0. The van der Waals surface area contributed by atoms with Gasteiger partial charge < -0.3 is 10.2 Å². The second kappa shape index (κ2) is 7.08. The van der Waals surface area contributed by atoms with Crippen molar-refractivity contribution in [1.29, 1.82) is 0 Å². The summed E-state index contributed by atoms with van der Waals surface area (Å²) in [6.45, 7) is 4.46. The first kappa shape index (κ1) is 16.6. The molecule has 2 aromatic carbocycles. The largest absolute Gasteiger partial charge is 0.376 e. The Labute approximate surface area is 144 Å². The topological polar surface area (TPSA) is 32.3 Å². The summed E-state index contributed by atoms with van der Waals surface area (Å²) in [5.41, 5.74) is 6.10. The molecular weight excluding hydrogens is 296 g/mol. The number of hydrogen-bond donors (Lipinski definition) is 1. The lowest BCUT2D eigenvalue weighted by Gasteiger charge is -2.33. The fourth-order valence-electron chi connectivity index (χ4n) is 3.53. The lowest BCUT2D eigenvalue weighted by Crippen LogP contribution is -2.37. The van der Waals surface area contributed by atoms with E-state index in [4.69, 9.17) is 0 Å². The van der Waals surface area contributed by atoms with Gasteiger partial charge in [0.15, 0.2) is 0 Å². The number of benzene rings is 2. The van der Waals surface area contributed by atoms with Crippen molar-refractivity contribution in [3.05, 3.63) is 64.7 Å². The Morgan fingerprint density at radius 1 is 1.21 bits per heavy atom. The number of carbonyl (C=O) groups is 1. The van der Waals surface area contributed by atoms with E-state index in [-0.39, 0.29) is 11.9 Å². The van der Waals surface area contributed by atoms with Gasteiger partial charge in [0.2, 0.25) is 5.91 Å². The van der Waals surface area contributed by atoms with E-state index in [1.807, 2.05) is 11.9 Å². The molecule has 0 aromatic heterocycles. The molecule has 0 radical (unpaired) electrons. The first-order valence-electron chi connectivity index (χ1n) is 8.71. The second-order valence-corrected chi connectivity index (χ2v) is 6.78. The Kier molecular flexibility index (Phi) is 4.89. The third-order valence-corrected chi connectivity index (χ3v) is 5.02. The van der Waals surface area contributed by atoms with Crippen LogP contribution in [0.25, 0.3) is 0 Å². The van der Waals surface area contributed by atoms with Crippen LogP contribution < -0.4 is 5.32 Å². The minimum Gasteiger partial charge on any atom is -0.376 e. The maximum Gasteiger partial charge on any atom is 0.242 e. The predicted octanol–water partition coefficient (Wildman–Crippen LogP) is 4.25. The Hall–Kier alpha value is -2.29. The van der Waals surface area contributed by atoms with Gasteiger partial charge in [0, 0.05) is 12.7 Å². The zero-order valence-corrected chi connectivity index (χ0v) is 14.8. The van der Waals surface area contributed by atoms with Gasteiger partial charge in [-0.05, 0) is 61.4 Å². The van der Waals surface area contributed by atoms with Crippen LogP contribution in [-0.2, 0) is 11.2 Å². The monoisotopic (exact) mass is 322 g/mol. The Bertz CT molecular complexity index is 738. The van der Waals surface area contributed by atoms with Gasteiger partial charge in [-0.15, -0.1) is 0 Å². The zero-order valence-electron chi connectivity index (χ0n) is 14.8. The predicted molar refractivity (Wildman–Crippen MR) is 99.3 cm³/mol. The van der Waals surface area contributed by atoms with Crippen LogP contribution in [0.5, 0.6) is 0 Å². The molecule has 0 bridgehead atoms. The number of rotatable bonds is 4. The van der Waals surface area contributed by atoms with Gasteiger partial charge >= 0.3 is 0 Å². The molecule has 0 saturated heterocycles. The summed E-state index contributed by atoms with van der Waals surface area (Å²) < 4.78 is 0. The molecule has 126 valence electrons. The van der Waals surface area contributed by atoms with Gasteiger partial charge in [0.1, 0.15) is 0 Å². The quantitative estimate of drug-likeness (QED) is 0.912. The van der Waals surface area contributed by atoms with Crippen molar-refractivity contribution in [1.82, 2.24) is 4.90 Å². The average Bonchev–Trinajstić information content (AvgIpc) is 2.61. The normalized spacial score (nSPS) is 16.4. The maximum atomic E-state index is 12.7. The van der Waals surface area contributed by atoms with Crippen LogP contribution in [0.15, 0.2) is 42.5 Å². The molecule has 0 aliphatic heterocycles. The fraction of sp³-hybridized carbons (Fsp3) is 0.381. The number of nitrogens with zero attached hydrogens (tertiary/aromatic N) is 1. The summed E-state index contributed by atoms with van der Waals surface area (Å²) in [6.07, 6.45) is 3.31. The number of likely N-dealkylation sites (N-methyl/N-ethyl adjacent to an activating group) is 1. The highest BCUT2D eigenvalue weighted by Gasteiger charge is 2.26. The Morgan fingerprint density at radius 3 is 2.83 bits per heavy atom. The molecule has 0 spiro atoms. The minimum atomic E-state index is 0.137. The first-order chi connectivity index (χ1) is 11.6. The van der Waals surface area contributed by atoms with E-state index >= 15 is 0 Å². The van der Waals surface area contributed by atoms with Crippen LogP contribution in [0.2, 0.25) is 0 Å². The summed E-state index contributed by atoms with van der Waals surface area (Å²) in [7, 11) is 1.93. The van der Waals surface area contributed by atoms with Crippen molar-refractivity contribution in [3.8, 4) is 0 Å². The molecule has 3 heteroatoms. The van der Waals surface area contributed by atoms with Gasteiger partial charge in [-0.2, -0.15) is 0 Å². The minimum absolute atomic E-state index is 0.137. The molecule has 0 saturated carbocycles. The molecule has 1 aliphatic carbocycles. The molecule has 0 fully saturated rings. The Morgan fingerprint density at radius 2 is 2.00 bits per heavy atom. The van der Waals surface area contributed by atoms with Gasteiger partial charge in [0.25, 0.3) is 0 Å². The summed E-state index contributed by atoms with van der Waals surface area (Å²) in [5.74, 6) is 0.137. The van der Waals surface area contributed by atoms with E-state index in [0.717, 1.165) is 24.9 Å². The van der Waals surface area contributed by atoms with Crippen molar-refractivity contribution in [2.75, 3.05) is 18.9 Å². The fourth-order valence-corrected chi connectivity index (χ4v) is 3.53. The number of amides is 1. The molecule has 1 aliphatic rings. The molecule has 1 unspecified atom stereocenters. The van der Waals surface area contributed by atoms with Gasteiger partial charge in [0.05, 0.1) is 12.6 Å². The van der Waals surface area contributed by atoms with E-state index in [1.165, 1.54) is 22.3 Å². The van der Waals surface area contributed by atoms with Crippen LogP contribution in [-0.4, -0.2) is 24.4 Å². The molecule has 1 N–H and O–H groups in total. The van der Waals surface area contributed by atoms with Crippen molar-refractivity contribution >= 4 is 11.6 Å². The van der Waals surface area contributed by atoms with Crippen LogP contribution in [0.1, 0.15) is 41.1 Å². The molecular formula is C21H26N2O. The molecule has 1 atom stereocenters. The molecule has 1 amide bonds. The molecule has 0 heterocycles. The third-order valence-electron chi connectivity index (χ3n) is 5.02. The molecule has 3 rings (SSSR count). The second-order valence-electron chi connectivity index (χ2n) is 6.78. The van der Waals surface area contributed by atoms with Crippen molar-refractivity contribution in [2.24, 2.45) is 0 Å². The van der Waals surface area contributed by atoms with E-state index < -0.39 is 0 Å². The number of aryl methyl sites for hydroxylation is 3. The third kappa shape index (κ3) is 3.45. The van der Waals surface area contributed by atoms with E-state index in [0.29, 0.717) is 6.54 Å². The smallest absolute Gasteiger partial charge is 0.242 e. The SMILES string of the molecule is Cc1ccc(C)c(NCC(=O)N(C)C2CCCc3ccccc32)c1. The highest BCUT2D eigenvalue weighted by molar-refractivity contribution is 5.81. The molecule has 2 aromatic rings. The van der Waals surface area contributed by atoms with Gasteiger partial charge in [-0.3, -0.25) is 4.79 Å². The lowest BCUT2D eigenvalue weighted by molar-refractivity contribution is -0.130.